The maximum Gasteiger partial charge on any atom is 0.0939 e. The van der Waals surface area contributed by atoms with E-state index in [1.54, 1.807) is 10.1 Å². The molecule has 0 aliphatic rings. The van der Waals surface area contributed by atoms with Crippen molar-refractivity contribution in [1.82, 2.24) is 10.1 Å². The Bertz CT molecular complexity index is 89.1. The van der Waals surface area contributed by atoms with Gasteiger partial charge in [0.25, 0.3) is 0 Å². The van der Waals surface area contributed by atoms with Crippen molar-refractivity contribution in [3.63, 3.8) is 0 Å². The highest BCUT2D eigenvalue weighted by Crippen LogP contribution is 1.87. The van der Waals surface area contributed by atoms with E-state index in [0.29, 0.717) is 13.2 Å². The van der Waals surface area contributed by atoms with E-state index in [9.17, 15) is 0 Å². The van der Waals surface area contributed by atoms with Gasteiger partial charge in [0.2, 0.25) is 0 Å². The van der Waals surface area contributed by atoms with Gasteiger partial charge in [-0.15, -0.1) is 0 Å². The summed E-state index contributed by atoms with van der Waals surface area (Å²) in [5, 5.41) is 3.57. The summed E-state index contributed by atoms with van der Waals surface area (Å²) in [4.78, 5) is 10.5. The third-order valence-corrected chi connectivity index (χ3v) is 1.60. The Morgan fingerprint density at radius 3 is 1.42 bits per heavy atom. The summed E-state index contributed by atoms with van der Waals surface area (Å²) in [5.41, 5.74) is 0. The molecule has 0 fully saturated rings. The van der Waals surface area contributed by atoms with Crippen LogP contribution < -0.4 is 0 Å². The molecule has 0 N–H and O–H groups in total. The SMILES string of the molecule is CCN(C)OCCON(C)CC. The van der Waals surface area contributed by atoms with Gasteiger partial charge in [0.1, 0.15) is 0 Å². The molecule has 0 aromatic heterocycles. The molecule has 4 nitrogen and oxygen atoms in total. The van der Waals surface area contributed by atoms with Gasteiger partial charge in [-0.05, 0) is 0 Å². The van der Waals surface area contributed by atoms with Crippen molar-refractivity contribution in [2.45, 2.75) is 13.8 Å². The normalized spacial score (nSPS) is 11.5. The Morgan fingerprint density at radius 1 is 0.833 bits per heavy atom. The molecule has 0 bridgehead atoms. The number of hydroxylamine groups is 4. The zero-order chi connectivity index (χ0) is 9.40. The molecule has 0 spiro atoms. The van der Waals surface area contributed by atoms with Crippen LogP contribution in [0.3, 0.4) is 0 Å². The predicted octanol–water partition coefficient (Wildman–Crippen LogP) is 0.753. The van der Waals surface area contributed by atoms with Gasteiger partial charge in [-0.25, -0.2) is 0 Å². The minimum Gasteiger partial charge on any atom is -0.297 e. The molecular weight excluding hydrogens is 156 g/mol. The van der Waals surface area contributed by atoms with Gasteiger partial charge >= 0.3 is 0 Å². The van der Waals surface area contributed by atoms with Crippen LogP contribution >= 0.6 is 0 Å². The van der Waals surface area contributed by atoms with Crippen LogP contribution in [-0.2, 0) is 9.68 Å². The lowest BCUT2D eigenvalue weighted by Crippen LogP contribution is -2.24. The lowest BCUT2D eigenvalue weighted by molar-refractivity contribution is -0.193. The first-order valence-electron chi connectivity index (χ1n) is 4.38. The van der Waals surface area contributed by atoms with Crippen molar-refractivity contribution in [3.8, 4) is 0 Å². The van der Waals surface area contributed by atoms with Gasteiger partial charge in [0.05, 0.1) is 13.2 Å². The van der Waals surface area contributed by atoms with E-state index < -0.39 is 0 Å². The Morgan fingerprint density at radius 2 is 1.17 bits per heavy atom. The number of rotatable bonds is 7. The molecule has 12 heavy (non-hydrogen) atoms. The van der Waals surface area contributed by atoms with Crippen molar-refractivity contribution < 1.29 is 9.68 Å². The summed E-state index contributed by atoms with van der Waals surface area (Å²) < 4.78 is 0. The fraction of sp³-hybridized carbons (Fsp3) is 1.00. The molecule has 0 saturated carbocycles. The Hall–Kier alpha value is -0.160. The quantitative estimate of drug-likeness (QED) is 0.422. The third-order valence-electron chi connectivity index (χ3n) is 1.60. The van der Waals surface area contributed by atoms with E-state index >= 15 is 0 Å². The number of hydrogen-bond acceptors (Lipinski definition) is 4. The minimum atomic E-state index is 0.606. The predicted molar refractivity (Wildman–Crippen MR) is 48.5 cm³/mol. The molecule has 0 atom stereocenters. The van der Waals surface area contributed by atoms with E-state index in [1.807, 2.05) is 27.9 Å². The second-order valence-electron chi connectivity index (χ2n) is 2.55. The average Bonchev–Trinajstić information content (AvgIpc) is 2.11. The molecule has 0 saturated heterocycles. The maximum absolute atomic E-state index is 5.27. The third kappa shape index (κ3) is 6.54. The Balaban J connectivity index is 3.10. The molecule has 74 valence electrons. The summed E-state index contributed by atoms with van der Waals surface area (Å²) in [6, 6.07) is 0. The van der Waals surface area contributed by atoms with Crippen LogP contribution in [0, 0.1) is 0 Å². The first kappa shape index (κ1) is 11.8. The molecule has 0 radical (unpaired) electrons. The van der Waals surface area contributed by atoms with E-state index in [4.69, 9.17) is 9.68 Å². The first-order chi connectivity index (χ1) is 5.70. The smallest absolute Gasteiger partial charge is 0.0939 e. The van der Waals surface area contributed by atoms with Gasteiger partial charge in [-0.1, -0.05) is 13.8 Å². The van der Waals surface area contributed by atoms with Crippen molar-refractivity contribution in [2.24, 2.45) is 0 Å². The van der Waals surface area contributed by atoms with Gasteiger partial charge < -0.3 is 0 Å². The second-order valence-corrected chi connectivity index (χ2v) is 2.55. The monoisotopic (exact) mass is 176 g/mol. The summed E-state index contributed by atoms with van der Waals surface area (Å²) in [5.74, 6) is 0. The van der Waals surface area contributed by atoms with Crippen LogP contribution in [0.15, 0.2) is 0 Å². The first-order valence-corrected chi connectivity index (χ1v) is 4.38. The second kappa shape index (κ2) is 7.49. The fourth-order valence-corrected chi connectivity index (χ4v) is 0.569. The van der Waals surface area contributed by atoms with Crippen LogP contribution in [0.2, 0.25) is 0 Å². The van der Waals surface area contributed by atoms with Crippen LogP contribution in [0.25, 0.3) is 0 Å². The van der Waals surface area contributed by atoms with Gasteiger partial charge in [0.15, 0.2) is 0 Å². The summed E-state index contributed by atoms with van der Waals surface area (Å²) >= 11 is 0. The molecule has 0 amide bonds. The zero-order valence-electron chi connectivity index (χ0n) is 8.54. The molecule has 0 rings (SSSR count). The van der Waals surface area contributed by atoms with Gasteiger partial charge in [-0.3, -0.25) is 9.68 Å². The molecular formula is C8H20N2O2. The summed E-state index contributed by atoms with van der Waals surface area (Å²) in [7, 11) is 3.81. The molecule has 0 aliphatic carbocycles. The Kier molecular flexibility index (Phi) is 7.39. The number of hydrogen-bond donors (Lipinski definition) is 0. The largest absolute Gasteiger partial charge is 0.297 e. The van der Waals surface area contributed by atoms with Crippen molar-refractivity contribution in [2.75, 3.05) is 40.4 Å². The highest BCUT2D eigenvalue weighted by atomic mass is 16.7. The van der Waals surface area contributed by atoms with Gasteiger partial charge in [-0.2, -0.15) is 10.1 Å². The van der Waals surface area contributed by atoms with Gasteiger partial charge in [0, 0.05) is 27.2 Å². The summed E-state index contributed by atoms with van der Waals surface area (Å²) in [6.45, 7) is 7.08. The lowest BCUT2D eigenvalue weighted by Gasteiger charge is -2.16. The van der Waals surface area contributed by atoms with Crippen LogP contribution in [0.1, 0.15) is 13.8 Å². The topological polar surface area (TPSA) is 24.9 Å². The molecule has 4 heteroatoms. The Labute approximate surface area is 74.9 Å². The van der Waals surface area contributed by atoms with E-state index in [-0.39, 0.29) is 0 Å². The zero-order valence-corrected chi connectivity index (χ0v) is 8.54. The highest BCUT2D eigenvalue weighted by molar-refractivity contribution is 4.29. The highest BCUT2D eigenvalue weighted by Gasteiger charge is 1.96. The van der Waals surface area contributed by atoms with E-state index in [1.165, 1.54) is 0 Å². The molecule has 0 unspecified atom stereocenters. The van der Waals surface area contributed by atoms with Crippen molar-refractivity contribution in [3.05, 3.63) is 0 Å². The minimum absolute atomic E-state index is 0.606. The van der Waals surface area contributed by atoms with Crippen LogP contribution in [0.4, 0.5) is 0 Å². The average molecular weight is 176 g/mol. The van der Waals surface area contributed by atoms with Crippen LogP contribution in [0.5, 0.6) is 0 Å². The standard InChI is InChI=1S/C8H20N2O2/c1-5-9(3)11-7-8-12-10(4)6-2/h5-8H2,1-4H3. The van der Waals surface area contributed by atoms with Crippen LogP contribution in [-0.4, -0.2) is 50.5 Å². The summed E-state index contributed by atoms with van der Waals surface area (Å²) in [6.07, 6.45) is 0. The van der Waals surface area contributed by atoms with E-state index in [0.717, 1.165) is 13.1 Å². The molecule has 0 heterocycles. The van der Waals surface area contributed by atoms with E-state index in [2.05, 4.69) is 0 Å². The maximum atomic E-state index is 5.27. The molecule has 0 aliphatic heterocycles. The molecule has 0 aromatic rings. The van der Waals surface area contributed by atoms with Crippen molar-refractivity contribution >= 4 is 0 Å². The molecule has 0 aromatic carbocycles. The fourth-order valence-electron chi connectivity index (χ4n) is 0.569. The lowest BCUT2D eigenvalue weighted by atomic mass is 10.7. The van der Waals surface area contributed by atoms with Crippen molar-refractivity contribution in [1.29, 1.82) is 0 Å². The number of nitrogens with zero attached hydrogens (tertiary/aromatic N) is 2.